The van der Waals surface area contributed by atoms with E-state index in [0.29, 0.717) is 33.6 Å². The summed E-state index contributed by atoms with van der Waals surface area (Å²) in [6.45, 7) is 4.64. The third-order valence-corrected chi connectivity index (χ3v) is 8.97. The molecule has 0 saturated carbocycles. The van der Waals surface area contributed by atoms with Crippen LogP contribution >= 0.6 is 23.1 Å². The molecule has 1 fully saturated rings. The first-order valence-corrected chi connectivity index (χ1v) is 15.4. The number of aliphatic hydroxyl groups is 1. The third-order valence-electron chi connectivity index (χ3n) is 6.84. The fourth-order valence-electron chi connectivity index (χ4n) is 4.51. The van der Waals surface area contributed by atoms with Gasteiger partial charge < -0.3 is 9.84 Å². The molecule has 1 unspecified atom stereocenters. The highest BCUT2D eigenvalue weighted by Gasteiger charge is 2.48. The number of anilines is 1. The van der Waals surface area contributed by atoms with Crippen molar-refractivity contribution >= 4 is 51.4 Å². The molecule has 43 heavy (non-hydrogen) atoms. The molecular weight excluding hydrogens is 588 g/mol. The van der Waals surface area contributed by atoms with Crippen LogP contribution in [0.1, 0.15) is 48.1 Å². The monoisotopic (exact) mass is 616 g/mol. The van der Waals surface area contributed by atoms with Crippen molar-refractivity contribution in [2.45, 2.75) is 42.8 Å². The van der Waals surface area contributed by atoms with Gasteiger partial charge in [0.1, 0.15) is 11.5 Å². The topological polar surface area (TPSA) is 136 Å². The summed E-state index contributed by atoms with van der Waals surface area (Å²) in [6, 6.07) is 19.1. The lowest BCUT2D eigenvalue weighted by molar-refractivity contribution is -0.384. The van der Waals surface area contributed by atoms with Crippen LogP contribution in [-0.4, -0.2) is 38.5 Å². The zero-order valence-corrected chi connectivity index (χ0v) is 25.1. The van der Waals surface area contributed by atoms with Gasteiger partial charge in [0.25, 0.3) is 11.5 Å². The number of aliphatic hydroxyl groups excluding tert-OH is 1. The molecule has 10 nitrogen and oxygen atoms in total. The highest BCUT2D eigenvalue weighted by Crippen LogP contribution is 2.44. The number of aryl methyl sites for hydroxylation is 1. The Morgan fingerprint density at radius 1 is 1.05 bits per heavy atom. The Kier molecular flexibility index (Phi) is 9.17. The number of unbranched alkanes of at least 4 members (excludes halogenated alkanes) is 1. The van der Waals surface area contributed by atoms with Crippen molar-refractivity contribution in [1.82, 2.24) is 10.2 Å². The number of aromatic nitrogens is 2. The smallest absolute Gasteiger partial charge is 0.301 e. The van der Waals surface area contributed by atoms with Crippen molar-refractivity contribution < 1.29 is 24.4 Å². The number of nitro groups is 1. The summed E-state index contributed by atoms with van der Waals surface area (Å²) in [5.74, 6) is -0.897. The summed E-state index contributed by atoms with van der Waals surface area (Å²) in [5, 5.41) is 31.3. The Balaban J connectivity index is 1.50. The number of nitro benzene ring substituents is 1. The van der Waals surface area contributed by atoms with E-state index in [4.69, 9.17) is 4.74 Å². The van der Waals surface area contributed by atoms with Gasteiger partial charge >= 0.3 is 5.91 Å². The minimum absolute atomic E-state index is 0.148. The Bertz CT molecular complexity index is 1670. The maximum absolute atomic E-state index is 13.5. The van der Waals surface area contributed by atoms with Gasteiger partial charge in [0.2, 0.25) is 5.13 Å². The van der Waals surface area contributed by atoms with E-state index in [0.717, 1.165) is 35.3 Å². The fourth-order valence-corrected chi connectivity index (χ4v) is 6.33. The van der Waals surface area contributed by atoms with Crippen LogP contribution in [0.3, 0.4) is 0 Å². The molecule has 0 radical (unpaired) electrons. The highest BCUT2D eigenvalue weighted by atomic mass is 32.2. The van der Waals surface area contributed by atoms with E-state index >= 15 is 0 Å². The van der Waals surface area contributed by atoms with Crippen molar-refractivity contribution in [2.24, 2.45) is 0 Å². The summed E-state index contributed by atoms with van der Waals surface area (Å²) in [7, 11) is 0. The number of rotatable bonds is 11. The number of nitrogens with zero attached hydrogens (tertiary/aromatic N) is 4. The minimum Gasteiger partial charge on any atom is -0.507 e. The summed E-state index contributed by atoms with van der Waals surface area (Å²) < 4.78 is 6.29. The first-order chi connectivity index (χ1) is 20.8. The number of ether oxygens (including phenoxy) is 1. The molecule has 1 aliphatic heterocycles. The summed E-state index contributed by atoms with van der Waals surface area (Å²) in [6.07, 6.45) is 1.89. The Labute approximate surface area is 256 Å². The van der Waals surface area contributed by atoms with Gasteiger partial charge in [-0.25, -0.2) is 0 Å². The van der Waals surface area contributed by atoms with Crippen LogP contribution in [0.15, 0.2) is 82.7 Å². The number of benzene rings is 3. The number of thioether (sulfide) groups is 1. The molecule has 1 saturated heterocycles. The van der Waals surface area contributed by atoms with Gasteiger partial charge in [0.15, 0.2) is 4.34 Å². The van der Waals surface area contributed by atoms with Crippen molar-refractivity contribution in [2.75, 3.05) is 11.5 Å². The number of non-ortho nitro benzene ring substituents is 1. The van der Waals surface area contributed by atoms with Crippen LogP contribution in [0.4, 0.5) is 10.8 Å². The van der Waals surface area contributed by atoms with Gasteiger partial charge in [-0.2, -0.15) is 0 Å². The normalized spacial score (nSPS) is 16.0. The molecule has 1 aliphatic rings. The highest BCUT2D eigenvalue weighted by molar-refractivity contribution is 8.00. The molecule has 3 aromatic carbocycles. The summed E-state index contributed by atoms with van der Waals surface area (Å²) >= 11 is 2.60. The summed E-state index contributed by atoms with van der Waals surface area (Å²) in [5.41, 5.74) is 2.67. The predicted molar refractivity (Wildman–Crippen MR) is 165 cm³/mol. The lowest BCUT2D eigenvalue weighted by atomic mass is 9.95. The van der Waals surface area contributed by atoms with Crippen LogP contribution in [0.5, 0.6) is 5.75 Å². The van der Waals surface area contributed by atoms with Crippen molar-refractivity contribution in [3.63, 3.8) is 0 Å². The maximum atomic E-state index is 13.5. The molecule has 1 N–H and O–H groups in total. The van der Waals surface area contributed by atoms with Crippen molar-refractivity contribution in [3.05, 3.63) is 111 Å². The molecule has 0 spiro atoms. The second-order valence-corrected chi connectivity index (χ2v) is 12.0. The zero-order valence-electron chi connectivity index (χ0n) is 23.4. The number of Topliss-reactive ketones (excluding diaryl/α,β-unsaturated/α-hetero) is 1. The van der Waals surface area contributed by atoms with Crippen LogP contribution in [0.2, 0.25) is 0 Å². The van der Waals surface area contributed by atoms with Crippen molar-refractivity contribution in [3.8, 4) is 5.75 Å². The van der Waals surface area contributed by atoms with E-state index in [1.807, 2.05) is 31.2 Å². The Morgan fingerprint density at radius 3 is 2.40 bits per heavy atom. The second kappa shape index (κ2) is 13.2. The van der Waals surface area contributed by atoms with Crippen LogP contribution in [0.25, 0.3) is 5.76 Å². The van der Waals surface area contributed by atoms with Gasteiger partial charge in [-0.3, -0.25) is 24.6 Å². The minimum atomic E-state index is -1.08. The molecule has 1 aromatic heterocycles. The molecule has 1 atom stereocenters. The first kappa shape index (κ1) is 29.9. The maximum Gasteiger partial charge on any atom is 0.301 e. The number of amides is 1. The lowest BCUT2D eigenvalue weighted by Gasteiger charge is -2.22. The fraction of sp³-hybridized carbons (Fsp3) is 0.226. The number of hydrogen-bond acceptors (Lipinski definition) is 10. The Morgan fingerprint density at radius 2 is 1.74 bits per heavy atom. The number of hydrogen-bond donors (Lipinski definition) is 1. The van der Waals surface area contributed by atoms with Crippen molar-refractivity contribution in [1.29, 1.82) is 0 Å². The first-order valence-electron chi connectivity index (χ1n) is 13.6. The number of ketones is 1. The van der Waals surface area contributed by atoms with Gasteiger partial charge in [0, 0.05) is 23.4 Å². The number of carbonyl (C=O) groups is 2. The predicted octanol–water partition coefficient (Wildman–Crippen LogP) is 6.85. The lowest BCUT2D eigenvalue weighted by Crippen LogP contribution is -2.29. The van der Waals surface area contributed by atoms with E-state index in [-0.39, 0.29) is 22.2 Å². The van der Waals surface area contributed by atoms with Gasteiger partial charge in [-0.1, -0.05) is 66.3 Å². The average Bonchev–Trinajstić information content (AvgIpc) is 3.58. The summed E-state index contributed by atoms with van der Waals surface area (Å²) in [4.78, 5) is 38.9. The second-order valence-electron chi connectivity index (χ2n) is 9.87. The van der Waals surface area contributed by atoms with E-state index in [2.05, 4.69) is 17.1 Å². The Hall–Kier alpha value is -4.55. The van der Waals surface area contributed by atoms with Crippen LogP contribution in [-0.2, 0) is 15.3 Å². The van der Waals surface area contributed by atoms with E-state index < -0.39 is 22.7 Å². The quantitative estimate of drug-likeness (QED) is 0.0280. The van der Waals surface area contributed by atoms with Gasteiger partial charge in [-0.05, 0) is 60.9 Å². The molecule has 220 valence electrons. The van der Waals surface area contributed by atoms with Gasteiger partial charge in [0.05, 0.1) is 23.1 Å². The van der Waals surface area contributed by atoms with E-state index in [1.165, 1.54) is 40.9 Å². The molecule has 5 rings (SSSR count). The van der Waals surface area contributed by atoms with E-state index in [1.54, 1.807) is 24.3 Å². The zero-order chi connectivity index (χ0) is 30.5. The molecule has 12 heteroatoms. The largest absolute Gasteiger partial charge is 0.507 e. The molecule has 1 amide bonds. The molecule has 0 aliphatic carbocycles. The van der Waals surface area contributed by atoms with E-state index in [9.17, 15) is 24.8 Å². The van der Waals surface area contributed by atoms with Crippen LogP contribution < -0.4 is 9.64 Å². The SMILES string of the molecule is CCCCOc1ccc(/C(O)=C2\C(=O)C(=O)N(c3nnc(SCc4ccc(C)cc4)s3)C2c2ccc([N+](=O)[O-])cc2)cc1. The van der Waals surface area contributed by atoms with Crippen LogP contribution in [0, 0.1) is 17.0 Å². The third kappa shape index (κ3) is 6.60. The number of carbonyl (C=O) groups excluding carboxylic acids is 2. The molecule has 2 heterocycles. The standard InChI is InChI=1S/C31H28N4O6S2/c1-3-4-17-41-24-15-11-22(12-16-24)27(36)25-26(21-9-13-23(14-10-21)35(39)40)34(29(38)28(25)37)30-32-33-31(43-30)42-18-20-7-5-19(2)6-8-20/h5-16,26,36H,3-4,17-18H2,1-2H3/b27-25+. The molecule has 4 aromatic rings. The van der Waals surface area contributed by atoms with Gasteiger partial charge in [-0.15, -0.1) is 10.2 Å². The molecule has 0 bridgehead atoms. The average molecular weight is 617 g/mol. The molecular formula is C31H28N4O6S2.